The van der Waals surface area contributed by atoms with E-state index in [1.165, 1.54) is 36.0 Å². The monoisotopic (exact) mass is 486 g/mol. The molecule has 33 heavy (non-hydrogen) atoms. The number of aromatic amines is 1. The highest BCUT2D eigenvalue weighted by Crippen LogP contribution is 2.36. The second kappa shape index (κ2) is 9.16. The SMILES string of the molecule is CNc1ccc2c(=O)n(-c3ccc(C(=O)NC(C(=O)O)C4CC=C(Cl)S4)cc3)c(=O)[nH]c2c1. The van der Waals surface area contributed by atoms with Crippen molar-refractivity contribution in [3.8, 4) is 5.69 Å². The van der Waals surface area contributed by atoms with Gasteiger partial charge < -0.3 is 20.7 Å². The van der Waals surface area contributed by atoms with Crippen LogP contribution in [0.4, 0.5) is 5.69 Å². The van der Waals surface area contributed by atoms with Gasteiger partial charge in [-0.1, -0.05) is 17.7 Å². The lowest BCUT2D eigenvalue weighted by molar-refractivity contribution is -0.139. The van der Waals surface area contributed by atoms with Gasteiger partial charge in [0, 0.05) is 23.5 Å². The number of fused-ring (bicyclic) bond motifs is 1. The fourth-order valence-electron chi connectivity index (χ4n) is 3.56. The number of nitrogens with one attached hydrogen (secondary N) is 3. The van der Waals surface area contributed by atoms with E-state index in [2.05, 4.69) is 15.6 Å². The second-order valence-corrected chi connectivity index (χ2v) is 9.23. The molecule has 0 spiro atoms. The Morgan fingerprint density at radius 2 is 1.94 bits per heavy atom. The Morgan fingerprint density at radius 3 is 2.55 bits per heavy atom. The molecule has 0 saturated heterocycles. The maximum Gasteiger partial charge on any atom is 0.333 e. The molecule has 1 aliphatic heterocycles. The first kappa shape index (κ1) is 22.7. The molecule has 2 atom stereocenters. The van der Waals surface area contributed by atoms with Crippen LogP contribution in [0.5, 0.6) is 0 Å². The first-order valence-corrected chi connectivity index (χ1v) is 11.2. The normalized spacial score (nSPS) is 16.3. The third-order valence-electron chi connectivity index (χ3n) is 5.27. The smallest absolute Gasteiger partial charge is 0.333 e. The van der Waals surface area contributed by atoms with Crippen LogP contribution >= 0.6 is 23.4 Å². The molecule has 1 aromatic heterocycles. The summed E-state index contributed by atoms with van der Waals surface area (Å²) in [5, 5.41) is 14.9. The Labute approximate surface area is 196 Å². The first-order chi connectivity index (χ1) is 15.8. The minimum Gasteiger partial charge on any atom is -0.480 e. The lowest BCUT2D eigenvalue weighted by atomic mass is 10.1. The molecule has 1 aliphatic rings. The number of halogens is 1. The largest absolute Gasteiger partial charge is 0.480 e. The molecule has 11 heteroatoms. The lowest BCUT2D eigenvalue weighted by Crippen LogP contribution is -2.46. The molecule has 2 unspecified atom stereocenters. The number of allylic oxidation sites excluding steroid dienone is 1. The number of carboxylic acid groups (broad SMARTS) is 1. The van der Waals surface area contributed by atoms with Gasteiger partial charge in [0.25, 0.3) is 11.5 Å². The number of carbonyl (C=O) groups excluding carboxylic acids is 1. The maximum absolute atomic E-state index is 12.9. The summed E-state index contributed by atoms with van der Waals surface area (Å²) in [6, 6.07) is 9.66. The molecule has 2 aromatic carbocycles. The van der Waals surface area contributed by atoms with Gasteiger partial charge in [0.1, 0.15) is 6.04 Å². The molecular formula is C22H19ClN4O5S. The van der Waals surface area contributed by atoms with Crippen LogP contribution in [-0.2, 0) is 4.79 Å². The molecule has 0 saturated carbocycles. The molecule has 2 heterocycles. The first-order valence-electron chi connectivity index (χ1n) is 9.91. The van der Waals surface area contributed by atoms with Gasteiger partial charge >= 0.3 is 11.7 Å². The standard InChI is InChI=1S/C22H19ClN4O5S/c1-24-12-4-7-14-15(10-12)25-22(32)27(20(14)29)13-5-2-11(3-6-13)19(28)26-18(21(30)31)16-8-9-17(23)33-16/h2-7,9-10,16,18,24H,8H2,1H3,(H,25,32)(H,26,28)(H,30,31). The average Bonchev–Trinajstić information content (AvgIpc) is 3.22. The maximum atomic E-state index is 12.9. The Kier molecular flexibility index (Phi) is 6.30. The molecule has 0 radical (unpaired) electrons. The van der Waals surface area contributed by atoms with Crippen molar-refractivity contribution in [3.63, 3.8) is 0 Å². The van der Waals surface area contributed by atoms with Crippen LogP contribution < -0.4 is 21.9 Å². The van der Waals surface area contributed by atoms with Crippen molar-refractivity contribution in [3.05, 3.63) is 79.3 Å². The number of hydrogen-bond donors (Lipinski definition) is 4. The number of hydrogen-bond acceptors (Lipinski definition) is 6. The van der Waals surface area contributed by atoms with Crippen LogP contribution in [0.25, 0.3) is 16.6 Å². The van der Waals surface area contributed by atoms with Gasteiger partial charge in [-0.15, -0.1) is 11.8 Å². The fourth-order valence-corrected chi connectivity index (χ4v) is 4.99. The van der Waals surface area contributed by atoms with Gasteiger partial charge in [-0.3, -0.25) is 9.59 Å². The number of thioether (sulfide) groups is 1. The van der Waals surface area contributed by atoms with Gasteiger partial charge in [-0.2, -0.15) is 0 Å². The van der Waals surface area contributed by atoms with Crippen molar-refractivity contribution < 1.29 is 14.7 Å². The van der Waals surface area contributed by atoms with E-state index >= 15 is 0 Å². The number of nitrogens with zero attached hydrogens (tertiary/aromatic N) is 1. The van der Waals surface area contributed by atoms with Gasteiger partial charge in [0.2, 0.25) is 0 Å². The van der Waals surface area contributed by atoms with Crippen molar-refractivity contribution in [2.45, 2.75) is 17.7 Å². The van der Waals surface area contributed by atoms with Crippen LogP contribution in [-0.4, -0.2) is 44.9 Å². The van der Waals surface area contributed by atoms with Crippen molar-refractivity contribution in [2.24, 2.45) is 0 Å². The Morgan fingerprint density at radius 1 is 1.21 bits per heavy atom. The minimum absolute atomic E-state index is 0.191. The molecule has 0 aliphatic carbocycles. The fraction of sp³-hybridized carbons (Fsp3) is 0.182. The van der Waals surface area contributed by atoms with Gasteiger partial charge in [-0.05, 0) is 48.9 Å². The molecule has 0 bridgehead atoms. The molecule has 9 nitrogen and oxygen atoms in total. The predicted octanol–water partition coefficient (Wildman–Crippen LogP) is 2.49. The highest BCUT2D eigenvalue weighted by atomic mass is 35.5. The second-order valence-electron chi connectivity index (χ2n) is 7.32. The minimum atomic E-state index is -1.16. The number of anilines is 1. The molecule has 4 rings (SSSR count). The van der Waals surface area contributed by atoms with Crippen LogP contribution in [0, 0.1) is 0 Å². The van der Waals surface area contributed by atoms with Crippen LogP contribution in [0.15, 0.2) is 62.5 Å². The number of benzene rings is 2. The quantitative estimate of drug-likeness (QED) is 0.420. The third kappa shape index (κ3) is 4.53. The topological polar surface area (TPSA) is 133 Å². The van der Waals surface area contributed by atoms with E-state index in [1.54, 1.807) is 31.3 Å². The van der Waals surface area contributed by atoms with E-state index in [0.29, 0.717) is 21.7 Å². The summed E-state index contributed by atoms with van der Waals surface area (Å²) >= 11 is 7.12. The summed E-state index contributed by atoms with van der Waals surface area (Å²) in [5.74, 6) is -1.75. The van der Waals surface area contributed by atoms with E-state index in [9.17, 15) is 24.3 Å². The Balaban J connectivity index is 1.60. The highest BCUT2D eigenvalue weighted by molar-refractivity contribution is 8.05. The number of H-pyrrole nitrogens is 1. The number of carbonyl (C=O) groups is 2. The molecule has 1 amide bonds. The van der Waals surface area contributed by atoms with E-state index in [4.69, 9.17) is 11.6 Å². The van der Waals surface area contributed by atoms with E-state index < -0.39 is 34.4 Å². The zero-order valence-corrected chi connectivity index (χ0v) is 18.9. The summed E-state index contributed by atoms with van der Waals surface area (Å²) in [7, 11) is 1.73. The zero-order chi connectivity index (χ0) is 23.7. The Hall–Kier alpha value is -3.50. The van der Waals surface area contributed by atoms with Crippen molar-refractivity contribution in [1.82, 2.24) is 14.9 Å². The van der Waals surface area contributed by atoms with E-state index in [0.717, 1.165) is 10.3 Å². The van der Waals surface area contributed by atoms with Gasteiger partial charge in [-0.25, -0.2) is 14.2 Å². The number of amides is 1. The lowest BCUT2D eigenvalue weighted by Gasteiger charge is -2.20. The number of rotatable bonds is 6. The summed E-state index contributed by atoms with van der Waals surface area (Å²) in [5.41, 5.74) is 0.502. The number of aliphatic carboxylic acids is 1. The van der Waals surface area contributed by atoms with Crippen LogP contribution in [0.3, 0.4) is 0 Å². The summed E-state index contributed by atoms with van der Waals surface area (Å²) < 4.78 is 1.48. The van der Waals surface area contributed by atoms with E-state index in [-0.39, 0.29) is 11.3 Å². The third-order valence-corrected chi connectivity index (χ3v) is 6.85. The van der Waals surface area contributed by atoms with E-state index in [1.807, 2.05) is 0 Å². The summed E-state index contributed by atoms with van der Waals surface area (Å²) in [6.45, 7) is 0. The molecule has 0 fully saturated rings. The van der Waals surface area contributed by atoms with Crippen molar-refractivity contribution in [2.75, 3.05) is 12.4 Å². The molecule has 170 valence electrons. The molecule has 3 aromatic rings. The van der Waals surface area contributed by atoms with Crippen molar-refractivity contribution >= 4 is 51.8 Å². The summed E-state index contributed by atoms with van der Waals surface area (Å²) in [4.78, 5) is 52.5. The number of aromatic nitrogens is 2. The molecular weight excluding hydrogens is 468 g/mol. The predicted molar refractivity (Wildman–Crippen MR) is 129 cm³/mol. The molecule has 4 N–H and O–H groups in total. The van der Waals surface area contributed by atoms with Gasteiger partial charge in [0.05, 0.1) is 21.0 Å². The summed E-state index contributed by atoms with van der Waals surface area (Å²) in [6.07, 6.45) is 2.15. The average molecular weight is 487 g/mol. The number of carboxylic acids is 1. The zero-order valence-electron chi connectivity index (χ0n) is 17.3. The Bertz CT molecular complexity index is 1400. The van der Waals surface area contributed by atoms with Crippen LogP contribution in [0.2, 0.25) is 0 Å². The highest BCUT2D eigenvalue weighted by Gasteiger charge is 2.33. The van der Waals surface area contributed by atoms with Crippen molar-refractivity contribution in [1.29, 1.82) is 0 Å². The van der Waals surface area contributed by atoms with Crippen LogP contribution in [0.1, 0.15) is 16.8 Å². The van der Waals surface area contributed by atoms with Gasteiger partial charge in [0.15, 0.2) is 0 Å².